The Hall–Kier alpha value is -0.706. The Morgan fingerprint density at radius 2 is 1.75 bits per heavy atom. The molecule has 1 heterocycles. The van der Waals surface area contributed by atoms with Crippen LogP contribution in [0.3, 0.4) is 0 Å². The fourth-order valence-corrected chi connectivity index (χ4v) is 6.41. The third kappa shape index (κ3) is 5.40. The average Bonchev–Trinajstić information content (AvgIpc) is 2.56. The molecule has 1 aromatic rings. The lowest BCUT2D eigenvalue weighted by Crippen LogP contribution is -2.46. The van der Waals surface area contributed by atoms with Crippen LogP contribution >= 0.6 is 0 Å². The van der Waals surface area contributed by atoms with Gasteiger partial charge in [0.05, 0.1) is 6.61 Å². The number of benzene rings is 1. The van der Waals surface area contributed by atoms with Crippen LogP contribution < -0.4 is 4.43 Å². The maximum absolute atomic E-state index is 5.91. The van der Waals surface area contributed by atoms with Crippen LogP contribution in [-0.4, -0.2) is 37.9 Å². The summed E-state index contributed by atoms with van der Waals surface area (Å²) in [6.45, 7) is 10.5. The van der Waals surface area contributed by atoms with Gasteiger partial charge in [-0.15, -0.1) is 0 Å². The van der Waals surface area contributed by atoms with Gasteiger partial charge in [-0.25, -0.2) is 0 Å². The highest BCUT2D eigenvalue weighted by molar-refractivity contribution is 6.60. The summed E-state index contributed by atoms with van der Waals surface area (Å²) in [6.07, 6.45) is 1.95. The second-order valence-corrected chi connectivity index (χ2v) is 9.87. The lowest BCUT2D eigenvalue weighted by atomic mass is 10.1. The standard InChI is InChI=1S/C17H29O5Si2/c1-5-19-24(20-6-2,21-7-3)12-8-9-15-10-11-17-16(13-15)14-18-23(4)22-17/h10-11,13H,5-9,12,14H2,1-4H3. The normalized spacial score (nSPS) is 15.2. The smallest absolute Gasteiger partial charge is 0.500 e. The lowest BCUT2D eigenvalue weighted by Gasteiger charge is -2.28. The maximum atomic E-state index is 5.91. The van der Waals surface area contributed by atoms with E-state index < -0.39 is 18.1 Å². The Kier molecular flexibility index (Phi) is 7.92. The number of hydrogen-bond donors (Lipinski definition) is 0. The fraction of sp³-hybridized carbons (Fsp3) is 0.647. The minimum atomic E-state index is -2.53. The average molecular weight is 370 g/mol. The molecule has 0 unspecified atom stereocenters. The van der Waals surface area contributed by atoms with Crippen molar-refractivity contribution in [3.63, 3.8) is 0 Å². The largest absolute Gasteiger partial charge is 0.519 e. The van der Waals surface area contributed by atoms with E-state index in [1.165, 1.54) is 5.56 Å². The predicted octanol–water partition coefficient (Wildman–Crippen LogP) is 3.69. The number of hydrogen-bond acceptors (Lipinski definition) is 5. The van der Waals surface area contributed by atoms with Crippen molar-refractivity contribution < 1.29 is 22.1 Å². The fourth-order valence-electron chi connectivity index (χ4n) is 2.87. The molecule has 1 aliphatic heterocycles. The third-order valence-electron chi connectivity index (χ3n) is 3.85. The summed E-state index contributed by atoms with van der Waals surface area (Å²) in [4.78, 5) is 0. The molecular weight excluding hydrogens is 340 g/mol. The van der Waals surface area contributed by atoms with Crippen LogP contribution in [0.5, 0.6) is 5.75 Å². The molecule has 0 aromatic heterocycles. The molecule has 0 aliphatic carbocycles. The van der Waals surface area contributed by atoms with Crippen molar-refractivity contribution in [1.82, 2.24) is 0 Å². The molecular formula is C17H29O5Si2. The van der Waals surface area contributed by atoms with E-state index in [4.69, 9.17) is 22.1 Å². The second kappa shape index (κ2) is 9.69. The molecule has 5 nitrogen and oxygen atoms in total. The summed E-state index contributed by atoms with van der Waals surface area (Å²) in [7, 11) is -3.65. The van der Waals surface area contributed by atoms with Crippen LogP contribution in [0.1, 0.15) is 38.3 Å². The van der Waals surface area contributed by atoms with Gasteiger partial charge < -0.3 is 22.1 Å². The number of fused-ring (bicyclic) bond motifs is 1. The van der Waals surface area contributed by atoms with Crippen molar-refractivity contribution >= 4 is 18.1 Å². The van der Waals surface area contributed by atoms with Gasteiger partial charge in [0.15, 0.2) is 0 Å². The molecule has 135 valence electrons. The predicted molar refractivity (Wildman–Crippen MR) is 97.2 cm³/mol. The van der Waals surface area contributed by atoms with Crippen molar-refractivity contribution in [3.05, 3.63) is 29.3 Å². The van der Waals surface area contributed by atoms with Gasteiger partial charge >= 0.3 is 18.1 Å². The van der Waals surface area contributed by atoms with Gasteiger partial charge in [-0.2, -0.15) is 0 Å². The molecule has 0 N–H and O–H groups in total. The molecule has 2 rings (SSSR count). The van der Waals surface area contributed by atoms with Crippen LogP contribution in [0, 0.1) is 0 Å². The van der Waals surface area contributed by atoms with Gasteiger partial charge in [-0.05, 0) is 57.9 Å². The molecule has 1 radical (unpaired) electrons. The second-order valence-electron chi connectivity index (χ2n) is 5.66. The van der Waals surface area contributed by atoms with Gasteiger partial charge in [-0.1, -0.05) is 6.07 Å². The molecule has 0 saturated heterocycles. The molecule has 24 heavy (non-hydrogen) atoms. The molecule has 0 bridgehead atoms. The van der Waals surface area contributed by atoms with Crippen molar-refractivity contribution in [1.29, 1.82) is 0 Å². The third-order valence-corrected chi connectivity index (χ3v) is 8.06. The van der Waals surface area contributed by atoms with Gasteiger partial charge in [0.25, 0.3) is 0 Å². The molecule has 0 fully saturated rings. The van der Waals surface area contributed by atoms with Crippen LogP contribution in [0.4, 0.5) is 0 Å². The Morgan fingerprint density at radius 1 is 1.08 bits per heavy atom. The van der Waals surface area contributed by atoms with E-state index in [1.807, 2.05) is 27.3 Å². The lowest BCUT2D eigenvalue weighted by molar-refractivity contribution is 0.0708. The van der Waals surface area contributed by atoms with Crippen molar-refractivity contribution in [3.8, 4) is 5.75 Å². The molecule has 0 saturated carbocycles. The highest BCUT2D eigenvalue weighted by Gasteiger charge is 2.39. The molecule has 0 amide bonds. The van der Waals surface area contributed by atoms with E-state index in [2.05, 4.69) is 18.2 Å². The van der Waals surface area contributed by atoms with Crippen molar-refractivity contribution in [2.45, 2.75) is 52.8 Å². The van der Waals surface area contributed by atoms with E-state index in [-0.39, 0.29) is 0 Å². The summed E-state index contributed by atoms with van der Waals surface area (Å²) >= 11 is 0. The van der Waals surface area contributed by atoms with Crippen molar-refractivity contribution in [2.24, 2.45) is 0 Å². The Balaban J connectivity index is 1.94. The first-order valence-corrected chi connectivity index (χ1v) is 12.5. The summed E-state index contributed by atoms with van der Waals surface area (Å²) in [5.74, 6) is 0.975. The first-order chi connectivity index (χ1) is 11.6. The Morgan fingerprint density at radius 3 is 2.38 bits per heavy atom. The van der Waals surface area contributed by atoms with Crippen LogP contribution in [0.15, 0.2) is 18.2 Å². The summed E-state index contributed by atoms with van der Waals surface area (Å²) in [5.41, 5.74) is 2.44. The molecule has 1 aliphatic rings. The maximum Gasteiger partial charge on any atom is 0.500 e. The van der Waals surface area contributed by atoms with Gasteiger partial charge in [0.1, 0.15) is 5.75 Å². The topological polar surface area (TPSA) is 46.2 Å². The molecule has 0 atom stereocenters. The monoisotopic (exact) mass is 369 g/mol. The van der Waals surface area contributed by atoms with E-state index in [0.717, 1.165) is 30.2 Å². The molecule has 1 aromatic carbocycles. The van der Waals surface area contributed by atoms with Crippen LogP contribution in [-0.2, 0) is 30.7 Å². The van der Waals surface area contributed by atoms with Crippen LogP contribution in [0.25, 0.3) is 0 Å². The van der Waals surface area contributed by atoms with Gasteiger partial charge in [0, 0.05) is 31.4 Å². The molecule has 0 spiro atoms. The SMILES string of the molecule is CCO[Si](CCCc1ccc2c(c1)CO[Si](C)O2)(OCC)OCC. The summed E-state index contributed by atoms with van der Waals surface area (Å²) < 4.78 is 29.1. The van der Waals surface area contributed by atoms with Crippen molar-refractivity contribution in [2.75, 3.05) is 19.8 Å². The van der Waals surface area contributed by atoms with Gasteiger partial charge in [-0.3, -0.25) is 0 Å². The zero-order chi connectivity index (χ0) is 17.4. The number of aryl methyl sites for hydroxylation is 1. The minimum absolute atomic E-state index is 0.626. The van der Waals surface area contributed by atoms with E-state index in [9.17, 15) is 0 Å². The highest BCUT2D eigenvalue weighted by Crippen LogP contribution is 2.27. The quantitative estimate of drug-likeness (QED) is 0.589. The van der Waals surface area contributed by atoms with Crippen LogP contribution in [0.2, 0.25) is 12.6 Å². The zero-order valence-electron chi connectivity index (χ0n) is 15.2. The van der Waals surface area contributed by atoms with E-state index in [0.29, 0.717) is 26.4 Å². The Labute approximate surface area is 148 Å². The first-order valence-electron chi connectivity index (χ1n) is 8.80. The summed E-state index contributed by atoms with van der Waals surface area (Å²) in [6, 6.07) is 7.24. The minimum Gasteiger partial charge on any atom is -0.519 e. The summed E-state index contributed by atoms with van der Waals surface area (Å²) in [5, 5.41) is 0. The highest BCUT2D eigenvalue weighted by atomic mass is 28.4. The Bertz CT molecular complexity index is 495. The number of rotatable bonds is 10. The zero-order valence-corrected chi connectivity index (χ0v) is 17.2. The first kappa shape index (κ1) is 19.6. The van der Waals surface area contributed by atoms with Gasteiger partial charge in [0.2, 0.25) is 0 Å². The van der Waals surface area contributed by atoms with E-state index in [1.54, 1.807) is 0 Å². The molecule has 7 heteroatoms. The van der Waals surface area contributed by atoms with E-state index >= 15 is 0 Å².